The highest BCUT2D eigenvalue weighted by Crippen LogP contribution is 2.41. The first kappa shape index (κ1) is 17.7. The molecule has 0 bridgehead atoms. The Balaban J connectivity index is 2.56. The maximum Gasteiger partial charge on any atom is 0.188 e. The van der Waals surface area contributed by atoms with E-state index in [9.17, 15) is 9.90 Å². The fourth-order valence-corrected chi connectivity index (χ4v) is 3.26. The molecule has 0 amide bonds. The molecule has 1 unspecified atom stereocenters. The van der Waals surface area contributed by atoms with Gasteiger partial charge in [-0.1, -0.05) is 34.6 Å². The number of hydrogen-bond acceptors (Lipinski definition) is 3. The SMILES string of the molecule is CC(C)CCN=Cc1c2c(c(O)c(C(C)C)cc1=O)C(C)CC2. The highest BCUT2D eigenvalue weighted by molar-refractivity contribution is 5.83. The van der Waals surface area contributed by atoms with Crippen LogP contribution in [0.4, 0.5) is 0 Å². The van der Waals surface area contributed by atoms with Gasteiger partial charge >= 0.3 is 0 Å². The van der Waals surface area contributed by atoms with Crippen LogP contribution in [0.1, 0.15) is 81.5 Å². The van der Waals surface area contributed by atoms with E-state index in [4.69, 9.17) is 0 Å². The van der Waals surface area contributed by atoms with Gasteiger partial charge in [0, 0.05) is 29.4 Å². The average Bonchev–Trinajstić information content (AvgIpc) is 2.79. The molecule has 126 valence electrons. The molecule has 1 aromatic carbocycles. The summed E-state index contributed by atoms with van der Waals surface area (Å²) in [4.78, 5) is 17.2. The van der Waals surface area contributed by atoms with Gasteiger partial charge in [-0.25, -0.2) is 0 Å². The van der Waals surface area contributed by atoms with Gasteiger partial charge < -0.3 is 5.11 Å². The van der Waals surface area contributed by atoms with Crippen molar-refractivity contribution >= 4 is 6.21 Å². The molecular formula is C20H29NO2. The molecule has 3 nitrogen and oxygen atoms in total. The predicted molar refractivity (Wildman–Crippen MR) is 97.1 cm³/mol. The molecule has 0 spiro atoms. The van der Waals surface area contributed by atoms with Gasteiger partial charge in [0.15, 0.2) is 5.43 Å². The van der Waals surface area contributed by atoms with E-state index in [0.29, 0.717) is 17.2 Å². The average molecular weight is 315 g/mol. The van der Waals surface area contributed by atoms with Gasteiger partial charge in [0.1, 0.15) is 5.75 Å². The molecule has 0 aliphatic heterocycles. The Morgan fingerprint density at radius 2 is 2.04 bits per heavy atom. The molecule has 0 radical (unpaired) electrons. The van der Waals surface area contributed by atoms with Crippen molar-refractivity contribution in [2.45, 2.75) is 65.7 Å². The first-order valence-corrected chi connectivity index (χ1v) is 8.75. The van der Waals surface area contributed by atoms with Crippen molar-refractivity contribution in [2.24, 2.45) is 10.9 Å². The van der Waals surface area contributed by atoms with E-state index in [-0.39, 0.29) is 17.3 Å². The van der Waals surface area contributed by atoms with Gasteiger partial charge in [0.25, 0.3) is 0 Å². The molecule has 1 aliphatic carbocycles. The van der Waals surface area contributed by atoms with Crippen LogP contribution in [0.2, 0.25) is 0 Å². The Labute approximate surface area is 139 Å². The van der Waals surface area contributed by atoms with E-state index in [0.717, 1.165) is 42.5 Å². The lowest BCUT2D eigenvalue weighted by molar-refractivity contribution is 0.455. The third-order valence-corrected chi connectivity index (χ3v) is 4.73. The van der Waals surface area contributed by atoms with Crippen molar-refractivity contribution in [1.29, 1.82) is 0 Å². The smallest absolute Gasteiger partial charge is 0.188 e. The zero-order chi connectivity index (χ0) is 17.1. The largest absolute Gasteiger partial charge is 0.507 e. The molecule has 3 heteroatoms. The monoisotopic (exact) mass is 315 g/mol. The highest BCUT2D eigenvalue weighted by atomic mass is 16.3. The number of aromatic hydroxyl groups is 1. The van der Waals surface area contributed by atoms with Crippen LogP contribution in [-0.4, -0.2) is 17.9 Å². The zero-order valence-electron chi connectivity index (χ0n) is 15.0. The van der Waals surface area contributed by atoms with Crippen molar-refractivity contribution in [3.8, 4) is 5.75 Å². The molecular weight excluding hydrogens is 286 g/mol. The standard InChI is InChI=1S/C20H29NO2/c1-12(2)8-9-21-11-17-15-7-6-14(5)19(15)20(23)16(13(3)4)10-18(17)22/h10-14,23H,6-9H2,1-5H3. The number of aliphatic imine (C=N–C) groups is 1. The molecule has 0 heterocycles. The Kier molecular flexibility index (Phi) is 5.61. The highest BCUT2D eigenvalue weighted by Gasteiger charge is 2.27. The van der Waals surface area contributed by atoms with Crippen molar-refractivity contribution in [1.82, 2.24) is 0 Å². The Hall–Kier alpha value is -1.64. The van der Waals surface area contributed by atoms with Gasteiger partial charge in [0.2, 0.25) is 0 Å². The van der Waals surface area contributed by atoms with E-state index in [1.807, 2.05) is 13.8 Å². The summed E-state index contributed by atoms with van der Waals surface area (Å²) in [7, 11) is 0. The molecule has 0 fully saturated rings. The number of hydrogen-bond donors (Lipinski definition) is 1. The minimum absolute atomic E-state index is 0.0207. The number of fused-ring (bicyclic) bond motifs is 1. The zero-order valence-corrected chi connectivity index (χ0v) is 15.0. The normalized spacial score (nSPS) is 17.4. The summed E-state index contributed by atoms with van der Waals surface area (Å²) in [5.74, 6) is 1.34. The van der Waals surface area contributed by atoms with Crippen LogP contribution in [0.25, 0.3) is 0 Å². The Morgan fingerprint density at radius 1 is 1.35 bits per heavy atom. The fraction of sp³-hybridized carbons (Fsp3) is 0.600. The van der Waals surface area contributed by atoms with E-state index >= 15 is 0 Å². The third kappa shape index (κ3) is 3.82. The van der Waals surface area contributed by atoms with Crippen LogP contribution in [0.15, 0.2) is 15.9 Å². The van der Waals surface area contributed by atoms with Crippen molar-refractivity contribution in [3.63, 3.8) is 0 Å². The maximum absolute atomic E-state index is 12.7. The Morgan fingerprint density at radius 3 is 2.65 bits per heavy atom. The summed E-state index contributed by atoms with van der Waals surface area (Å²) < 4.78 is 0. The summed E-state index contributed by atoms with van der Waals surface area (Å²) in [6, 6.07) is 1.61. The third-order valence-electron chi connectivity index (χ3n) is 4.73. The summed E-state index contributed by atoms with van der Waals surface area (Å²) in [5, 5.41) is 10.7. The lowest BCUT2D eigenvalue weighted by Crippen LogP contribution is -2.08. The summed E-state index contributed by atoms with van der Waals surface area (Å²) in [6.45, 7) is 11.2. The topological polar surface area (TPSA) is 49.7 Å². The molecule has 2 rings (SSSR count). The van der Waals surface area contributed by atoms with Crippen LogP contribution in [-0.2, 0) is 6.42 Å². The Bertz CT molecular complexity index is 660. The maximum atomic E-state index is 12.7. The van der Waals surface area contributed by atoms with Crippen LogP contribution in [0, 0.1) is 5.92 Å². The van der Waals surface area contributed by atoms with Gasteiger partial charge in [-0.15, -0.1) is 0 Å². The van der Waals surface area contributed by atoms with Gasteiger partial charge in [-0.2, -0.15) is 0 Å². The molecule has 1 aliphatic rings. The second-order valence-corrected chi connectivity index (χ2v) is 7.43. The number of rotatable bonds is 5. The molecule has 0 saturated heterocycles. The van der Waals surface area contributed by atoms with Crippen LogP contribution in [0.5, 0.6) is 5.75 Å². The van der Waals surface area contributed by atoms with Gasteiger partial charge in [0.05, 0.1) is 0 Å². The first-order valence-electron chi connectivity index (χ1n) is 8.75. The van der Waals surface area contributed by atoms with Crippen LogP contribution >= 0.6 is 0 Å². The second-order valence-electron chi connectivity index (χ2n) is 7.43. The molecule has 1 aromatic rings. The first-order chi connectivity index (χ1) is 10.8. The van der Waals surface area contributed by atoms with Crippen molar-refractivity contribution in [3.05, 3.63) is 38.5 Å². The lowest BCUT2D eigenvalue weighted by Gasteiger charge is -2.10. The van der Waals surface area contributed by atoms with E-state index < -0.39 is 0 Å². The van der Waals surface area contributed by atoms with Crippen LogP contribution < -0.4 is 5.43 Å². The molecule has 1 N–H and O–H groups in total. The summed E-state index contributed by atoms with van der Waals surface area (Å²) in [5.41, 5.74) is 3.37. The molecule has 0 saturated carbocycles. The van der Waals surface area contributed by atoms with E-state index in [2.05, 4.69) is 25.8 Å². The predicted octanol–water partition coefficient (Wildman–Crippen LogP) is 4.39. The molecule has 23 heavy (non-hydrogen) atoms. The lowest BCUT2D eigenvalue weighted by atomic mass is 9.97. The molecule has 0 aromatic heterocycles. The summed E-state index contributed by atoms with van der Waals surface area (Å²) >= 11 is 0. The van der Waals surface area contributed by atoms with Crippen molar-refractivity contribution in [2.75, 3.05) is 6.54 Å². The second kappa shape index (κ2) is 7.29. The fourth-order valence-electron chi connectivity index (χ4n) is 3.26. The quantitative estimate of drug-likeness (QED) is 0.819. The van der Waals surface area contributed by atoms with Crippen molar-refractivity contribution < 1.29 is 5.11 Å². The molecule has 1 atom stereocenters. The summed E-state index contributed by atoms with van der Waals surface area (Å²) in [6.07, 6.45) is 4.59. The minimum Gasteiger partial charge on any atom is -0.507 e. The van der Waals surface area contributed by atoms with Gasteiger partial charge in [-0.3, -0.25) is 9.79 Å². The minimum atomic E-state index is -0.0207. The van der Waals surface area contributed by atoms with E-state index in [1.165, 1.54) is 0 Å². The van der Waals surface area contributed by atoms with Gasteiger partial charge in [-0.05, 0) is 48.6 Å². The number of nitrogens with zero attached hydrogens (tertiary/aromatic N) is 1. The van der Waals surface area contributed by atoms with Crippen LogP contribution in [0.3, 0.4) is 0 Å². The van der Waals surface area contributed by atoms with E-state index in [1.54, 1.807) is 12.3 Å².